The molecule has 10 aromatic rings. The molecule has 0 radical (unpaired) electrons. The van der Waals surface area contributed by atoms with Crippen LogP contribution in [-0.2, 0) is 5.41 Å². The highest BCUT2D eigenvalue weighted by atomic mass is 16.5. The Morgan fingerprint density at radius 1 is 0.350 bits per heavy atom. The first kappa shape index (κ1) is 34.1. The average molecular weight is 766 g/mol. The summed E-state index contributed by atoms with van der Waals surface area (Å²) in [6.45, 7) is 0. The quantitative estimate of drug-likeness (QED) is 0.175. The maximum Gasteiger partial charge on any atom is 0.160 e. The van der Waals surface area contributed by atoms with Crippen LogP contribution in [0, 0.1) is 0 Å². The molecule has 4 nitrogen and oxygen atoms in total. The number of pyridine rings is 1. The molecule has 0 unspecified atom stereocenters. The van der Waals surface area contributed by atoms with Gasteiger partial charge < -0.3 is 4.74 Å². The lowest BCUT2D eigenvalue weighted by atomic mass is 9.66. The summed E-state index contributed by atoms with van der Waals surface area (Å²) in [5.41, 5.74) is 16.9. The normalized spacial score (nSPS) is 12.9. The van der Waals surface area contributed by atoms with E-state index in [1.807, 2.05) is 24.4 Å². The second-order valence-electron chi connectivity index (χ2n) is 15.5. The van der Waals surface area contributed by atoms with Crippen LogP contribution in [0.4, 0.5) is 0 Å². The molecule has 12 rings (SSSR count). The van der Waals surface area contributed by atoms with E-state index in [9.17, 15) is 0 Å². The first-order valence-electron chi connectivity index (χ1n) is 20.3. The summed E-state index contributed by atoms with van der Waals surface area (Å²) in [5, 5.41) is 1.15. The van der Waals surface area contributed by atoms with E-state index < -0.39 is 5.41 Å². The number of aromatic nitrogens is 3. The fraction of sp³-hybridized carbons (Fsp3) is 0.0179. The summed E-state index contributed by atoms with van der Waals surface area (Å²) in [5.74, 6) is 2.42. The molecule has 280 valence electrons. The predicted octanol–water partition coefficient (Wildman–Crippen LogP) is 13.8. The summed E-state index contributed by atoms with van der Waals surface area (Å²) in [4.78, 5) is 15.1. The van der Waals surface area contributed by atoms with Gasteiger partial charge in [-0.2, -0.15) is 0 Å². The van der Waals surface area contributed by atoms with E-state index in [1.165, 1.54) is 22.3 Å². The minimum atomic E-state index is -0.596. The van der Waals surface area contributed by atoms with E-state index in [0.29, 0.717) is 5.82 Å². The highest BCUT2D eigenvalue weighted by Crippen LogP contribution is 2.62. The summed E-state index contributed by atoms with van der Waals surface area (Å²) in [6, 6.07) is 73.0. The van der Waals surface area contributed by atoms with Crippen LogP contribution in [-0.4, -0.2) is 15.0 Å². The van der Waals surface area contributed by atoms with Crippen molar-refractivity contribution in [2.75, 3.05) is 0 Å². The Bertz CT molecular complexity index is 3180. The lowest BCUT2D eigenvalue weighted by Gasteiger charge is -2.39. The van der Waals surface area contributed by atoms with Crippen molar-refractivity contribution in [3.05, 3.63) is 235 Å². The summed E-state index contributed by atoms with van der Waals surface area (Å²) < 4.78 is 6.64. The van der Waals surface area contributed by atoms with Crippen LogP contribution in [0.5, 0.6) is 11.5 Å². The van der Waals surface area contributed by atoms with Gasteiger partial charge in [0.05, 0.1) is 22.3 Å². The van der Waals surface area contributed by atoms with Gasteiger partial charge in [-0.1, -0.05) is 164 Å². The van der Waals surface area contributed by atoms with Crippen molar-refractivity contribution in [2.45, 2.75) is 5.41 Å². The Morgan fingerprint density at radius 2 is 0.900 bits per heavy atom. The van der Waals surface area contributed by atoms with Crippen molar-refractivity contribution >= 4 is 10.9 Å². The minimum absolute atomic E-state index is 0.596. The smallest absolute Gasteiger partial charge is 0.160 e. The van der Waals surface area contributed by atoms with Crippen LogP contribution < -0.4 is 4.74 Å². The van der Waals surface area contributed by atoms with E-state index in [4.69, 9.17) is 14.7 Å². The highest BCUT2D eigenvalue weighted by Gasteiger charge is 2.51. The van der Waals surface area contributed by atoms with Gasteiger partial charge in [-0.05, 0) is 87.0 Å². The molecule has 4 heteroatoms. The Labute approximate surface area is 348 Å². The molecule has 0 N–H and O–H groups in total. The lowest BCUT2D eigenvalue weighted by Crippen LogP contribution is -2.32. The van der Waals surface area contributed by atoms with E-state index in [1.54, 1.807) is 0 Å². The Balaban J connectivity index is 1.06. The van der Waals surface area contributed by atoms with E-state index in [-0.39, 0.29) is 0 Å². The van der Waals surface area contributed by atoms with Gasteiger partial charge in [0.1, 0.15) is 11.5 Å². The van der Waals surface area contributed by atoms with Gasteiger partial charge in [0.15, 0.2) is 5.82 Å². The zero-order chi connectivity index (χ0) is 39.6. The van der Waals surface area contributed by atoms with Gasteiger partial charge in [-0.3, -0.25) is 4.98 Å². The predicted molar refractivity (Wildman–Crippen MR) is 242 cm³/mol. The minimum Gasteiger partial charge on any atom is -0.457 e. The molecule has 1 aliphatic carbocycles. The maximum absolute atomic E-state index is 6.64. The number of hydrogen-bond acceptors (Lipinski definition) is 4. The molecule has 3 heterocycles. The van der Waals surface area contributed by atoms with E-state index >= 15 is 0 Å². The number of ether oxygens (including phenoxy) is 1. The fourth-order valence-electron chi connectivity index (χ4n) is 9.51. The first-order valence-corrected chi connectivity index (χ1v) is 20.3. The monoisotopic (exact) mass is 765 g/mol. The molecule has 2 aliphatic rings. The van der Waals surface area contributed by atoms with Gasteiger partial charge in [0.2, 0.25) is 0 Å². The molecule has 2 aromatic heterocycles. The van der Waals surface area contributed by atoms with Crippen LogP contribution in [0.2, 0.25) is 0 Å². The summed E-state index contributed by atoms with van der Waals surface area (Å²) in [7, 11) is 0. The fourth-order valence-corrected chi connectivity index (χ4v) is 9.51. The SMILES string of the molecule is c1ccc(-c2cc(-c3ccccc3)nc(-c3ccc4c(c3)-c3cc(-c5ccc(-c6cccc7ncccc67)cc5)ccc3C43c4ccccc4Oc4ccccc43)n2)cc1. The first-order chi connectivity index (χ1) is 29.7. The molecule has 1 spiro atoms. The molecule has 1 aliphatic heterocycles. The topological polar surface area (TPSA) is 47.9 Å². The Kier molecular flexibility index (Phi) is 7.72. The third-order valence-corrected chi connectivity index (χ3v) is 12.2. The van der Waals surface area contributed by atoms with E-state index in [2.05, 4.69) is 193 Å². The van der Waals surface area contributed by atoms with Gasteiger partial charge in [-0.25, -0.2) is 9.97 Å². The van der Waals surface area contributed by atoms with Crippen molar-refractivity contribution < 1.29 is 4.74 Å². The molecular formula is C56H35N3O. The Hall–Kier alpha value is -7.95. The third-order valence-electron chi connectivity index (χ3n) is 12.2. The summed E-state index contributed by atoms with van der Waals surface area (Å²) in [6.07, 6.45) is 1.85. The van der Waals surface area contributed by atoms with Crippen molar-refractivity contribution in [1.82, 2.24) is 15.0 Å². The zero-order valence-electron chi connectivity index (χ0n) is 32.5. The molecule has 0 amide bonds. The van der Waals surface area contributed by atoms with Crippen molar-refractivity contribution in [2.24, 2.45) is 0 Å². The molecule has 60 heavy (non-hydrogen) atoms. The number of fused-ring (bicyclic) bond motifs is 10. The zero-order valence-corrected chi connectivity index (χ0v) is 32.5. The average Bonchev–Trinajstić information content (AvgIpc) is 3.61. The largest absolute Gasteiger partial charge is 0.457 e. The number of rotatable bonds is 5. The van der Waals surface area contributed by atoms with Crippen LogP contribution >= 0.6 is 0 Å². The Morgan fingerprint density at radius 3 is 1.55 bits per heavy atom. The molecule has 0 saturated heterocycles. The summed E-state index contributed by atoms with van der Waals surface area (Å²) >= 11 is 0. The highest BCUT2D eigenvalue weighted by molar-refractivity contribution is 5.96. The number of benzene rings is 8. The molecule has 8 aromatic carbocycles. The van der Waals surface area contributed by atoms with E-state index in [0.717, 1.165) is 83.9 Å². The van der Waals surface area contributed by atoms with Crippen molar-refractivity contribution in [1.29, 1.82) is 0 Å². The van der Waals surface area contributed by atoms with Gasteiger partial charge in [-0.15, -0.1) is 0 Å². The maximum atomic E-state index is 6.64. The standard InChI is InChI=1S/C56H35N3O/c1-3-13-38(14-4-1)51-35-52(39-15-5-2-6-16-39)59-55(58-51)41-29-31-47-45(34-41)44-33-40(36-24-26-37(27-25-36)42-17-11-21-50-43(42)18-12-32-57-50)28-30-46(44)56(47)48-19-7-9-22-53(48)60-54-23-10-8-20-49(54)56/h1-35H. The molecule has 0 bridgehead atoms. The van der Waals surface area contributed by atoms with Gasteiger partial charge >= 0.3 is 0 Å². The van der Waals surface area contributed by atoms with Crippen LogP contribution in [0.15, 0.2) is 212 Å². The van der Waals surface area contributed by atoms with Crippen molar-refractivity contribution in [3.63, 3.8) is 0 Å². The number of nitrogens with zero attached hydrogens (tertiary/aromatic N) is 3. The molecule has 0 atom stereocenters. The molecular weight excluding hydrogens is 731 g/mol. The van der Waals surface area contributed by atoms with Crippen LogP contribution in [0.3, 0.4) is 0 Å². The number of para-hydroxylation sites is 2. The van der Waals surface area contributed by atoms with Crippen molar-refractivity contribution in [3.8, 4) is 78.8 Å². The van der Waals surface area contributed by atoms with Crippen LogP contribution in [0.1, 0.15) is 22.3 Å². The van der Waals surface area contributed by atoms with Gasteiger partial charge in [0.25, 0.3) is 0 Å². The van der Waals surface area contributed by atoms with Crippen LogP contribution in [0.25, 0.3) is 78.2 Å². The van der Waals surface area contributed by atoms with Gasteiger partial charge in [0, 0.05) is 39.4 Å². The number of hydrogen-bond donors (Lipinski definition) is 0. The third kappa shape index (κ3) is 5.28. The second kappa shape index (κ2) is 13.6. The second-order valence-corrected chi connectivity index (χ2v) is 15.5. The lowest BCUT2D eigenvalue weighted by molar-refractivity contribution is 0.436. The molecule has 0 fully saturated rings. The molecule has 0 saturated carbocycles.